The fraction of sp³-hybridized carbons (Fsp3) is 0.545. The lowest BCUT2D eigenvalue weighted by atomic mass is 10.0. The number of hydrogen-bond acceptors (Lipinski definition) is 1. The molecule has 0 saturated heterocycles. The minimum Gasteiger partial charge on any atom is -0.356 e. The van der Waals surface area contributed by atoms with Crippen LogP contribution in [0, 0.1) is 13.8 Å². The first-order valence-corrected chi connectivity index (χ1v) is 14.2. The maximum atomic E-state index is 12.1. The molecule has 1 amide bonds. The van der Waals surface area contributed by atoms with E-state index in [1.54, 1.807) is 0 Å². The van der Waals surface area contributed by atoms with Crippen LogP contribution in [0.1, 0.15) is 118 Å². The van der Waals surface area contributed by atoms with Crippen LogP contribution in [-0.4, -0.2) is 12.5 Å². The van der Waals surface area contributed by atoms with Gasteiger partial charge in [-0.3, -0.25) is 4.79 Å². The Kier molecular flexibility index (Phi) is 14.8. The fourth-order valence-electron chi connectivity index (χ4n) is 4.68. The zero-order valence-corrected chi connectivity index (χ0v) is 22.7. The first kappa shape index (κ1) is 28.9. The van der Waals surface area contributed by atoms with Crippen LogP contribution >= 0.6 is 0 Å². The molecule has 0 aliphatic carbocycles. The Bertz CT molecular complexity index is 862. The van der Waals surface area contributed by atoms with Crippen molar-refractivity contribution < 1.29 is 4.79 Å². The zero-order chi connectivity index (χ0) is 25.1. The van der Waals surface area contributed by atoms with Gasteiger partial charge >= 0.3 is 0 Å². The highest BCUT2D eigenvalue weighted by Crippen LogP contribution is 2.18. The van der Waals surface area contributed by atoms with Crippen molar-refractivity contribution in [1.82, 2.24) is 5.32 Å². The molecule has 0 atom stereocenters. The van der Waals surface area contributed by atoms with Gasteiger partial charge in [-0.1, -0.05) is 126 Å². The first-order valence-electron chi connectivity index (χ1n) is 14.2. The number of rotatable bonds is 18. The van der Waals surface area contributed by atoms with E-state index in [1.807, 2.05) is 0 Å². The van der Waals surface area contributed by atoms with Crippen molar-refractivity contribution in [2.24, 2.45) is 0 Å². The Labute approximate surface area is 215 Å². The van der Waals surface area contributed by atoms with Crippen molar-refractivity contribution in [3.8, 4) is 0 Å². The largest absolute Gasteiger partial charge is 0.356 e. The highest BCUT2D eigenvalue weighted by molar-refractivity contribution is 5.75. The smallest absolute Gasteiger partial charge is 0.219 e. The van der Waals surface area contributed by atoms with Crippen LogP contribution < -0.4 is 5.32 Å². The van der Waals surface area contributed by atoms with Gasteiger partial charge in [0.1, 0.15) is 0 Å². The molecule has 0 aliphatic rings. The third kappa shape index (κ3) is 12.8. The van der Waals surface area contributed by atoms with Crippen molar-refractivity contribution in [2.45, 2.75) is 111 Å². The SMILES string of the molecule is CCCCCCCCCCCCCC(=O)NCCCc1cccc(C=Cc2c(C)cccc2C)c1. The van der Waals surface area contributed by atoms with Crippen molar-refractivity contribution in [2.75, 3.05) is 6.54 Å². The van der Waals surface area contributed by atoms with Crippen LogP contribution in [0.5, 0.6) is 0 Å². The van der Waals surface area contributed by atoms with E-state index in [-0.39, 0.29) is 5.91 Å². The summed E-state index contributed by atoms with van der Waals surface area (Å²) < 4.78 is 0. The van der Waals surface area contributed by atoms with Gasteiger partial charge in [0.2, 0.25) is 5.91 Å². The van der Waals surface area contributed by atoms with Crippen LogP contribution in [0.2, 0.25) is 0 Å². The molecular formula is C33H49NO. The first-order chi connectivity index (χ1) is 17.1. The van der Waals surface area contributed by atoms with E-state index < -0.39 is 0 Å². The topological polar surface area (TPSA) is 29.1 Å². The molecule has 0 aromatic heterocycles. The molecule has 0 saturated carbocycles. The minimum absolute atomic E-state index is 0.214. The van der Waals surface area contributed by atoms with Crippen molar-refractivity contribution in [3.05, 3.63) is 70.3 Å². The molecule has 2 nitrogen and oxygen atoms in total. The predicted molar refractivity (Wildman–Crippen MR) is 154 cm³/mol. The lowest BCUT2D eigenvalue weighted by Crippen LogP contribution is -2.24. The number of carbonyl (C=O) groups excluding carboxylic acids is 1. The molecular weight excluding hydrogens is 426 g/mol. The van der Waals surface area contributed by atoms with E-state index in [2.05, 4.69) is 80.7 Å². The molecule has 35 heavy (non-hydrogen) atoms. The normalized spacial score (nSPS) is 11.3. The molecule has 0 heterocycles. The highest BCUT2D eigenvalue weighted by atomic mass is 16.1. The number of amides is 1. The maximum absolute atomic E-state index is 12.1. The Morgan fingerprint density at radius 2 is 1.34 bits per heavy atom. The Morgan fingerprint density at radius 1 is 0.743 bits per heavy atom. The van der Waals surface area contributed by atoms with Crippen LogP contribution in [0.3, 0.4) is 0 Å². The van der Waals surface area contributed by atoms with Gasteiger partial charge in [-0.25, -0.2) is 0 Å². The molecule has 2 aromatic carbocycles. The quantitative estimate of drug-likeness (QED) is 0.169. The van der Waals surface area contributed by atoms with Crippen LogP contribution in [0.4, 0.5) is 0 Å². The number of carbonyl (C=O) groups is 1. The van der Waals surface area contributed by atoms with Gasteiger partial charge < -0.3 is 5.32 Å². The number of aryl methyl sites for hydroxylation is 3. The van der Waals surface area contributed by atoms with E-state index in [0.717, 1.165) is 25.8 Å². The summed E-state index contributed by atoms with van der Waals surface area (Å²) in [6.45, 7) is 7.36. The molecule has 2 heteroatoms. The molecule has 192 valence electrons. The highest BCUT2D eigenvalue weighted by Gasteiger charge is 2.02. The van der Waals surface area contributed by atoms with Crippen LogP contribution in [0.25, 0.3) is 12.2 Å². The Balaban J connectivity index is 1.54. The summed E-state index contributed by atoms with van der Waals surface area (Å²) in [5.74, 6) is 0.214. The van der Waals surface area contributed by atoms with E-state index >= 15 is 0 Å². The monoisotopic (exact) mass is 475 g/mol. The average molecular weight is 476 g/mol. The summed E-state index contributed by atoms with van der Waals surface area (Å²) in [7, 11) is 0. The molecule has 0 bridgehead atoms. The zero-order valence-electron chi connectivity index (χ0n) is 22.7. The minimum atomic E-state index is 0.214. The molecule has 2 rings (SSSR count). The number of hydrogen-bond donors (Lipinski definition) is 1. The number of nitrogens with one attached hydrogen (secondary N) is 1. The summed E-state index contributed by atoms with van der Waals surface area (Å²) in [4.78, 5) is 12.1. The second-order valence-corrected chi connectivity index (χ2v) is 10.1. The van der Waals surface area contributed by atoms with Gasteiger partial charge in [0.15, 0.2) is 0 Å². The average Bonchev–Trinajstić information content (AvgIpc) is 2.85. The van der Waals surface area contributed by atoms with E-state index in [4.69, 9.17) is 0 Å². The summed E-state index contributed by atoms with van der Waals surface area (Å²) >= 11 is 0. The van der Waals surface area contributed by atoms with Crippen LogP contribution in [-0.2, 0) is 11.2 Å². The lowest BCUT2D eigenvalue weighted by molar-refractivity contribution is -0.121. The van der Waals surface area contributed by atoms with E-state index in [0.29, 0.717) is 6.42 Å². The molecule has 1 N–H and O–H groups in total. The molecule has 0 aliphatic heterocycles. The molecule has 0 unspecified atom stereocenters. The van der Waals surface area contributed by atoms with Crippen LogP contribution in [0.15, 0.2) is 42.5 Å². The number of unbranched alkanes of at least 4 members (excludes halogenated alkanes) is 10. The van der Waals surface area contributed by atoms with Gasteiger partial charge in [-0.05, 0) is 60.9 Å². The fourth-order valence-corrected chi connectivity index (χ4v) is 4.68. The van der Waals surface area contributed by atoms with Gasteiger partial charge in [-0.15, -0.1) is 0 Å². The number of benzene rings is 2. The second kappa shape index (κ2) is 18.0. The van der Waals surface area contributed by atoms with E-state index in [1.165, 1.54) is 92.0 Å². The van der Waals surface area contributed by atoms with Crippen molar-refractivity contribution in [1.29, 1.82) is 0 Å². The van der Waals surface area contributed by atoms with Gasteiger partial charge in [-0.2, -0.15) is 0 Å². The van der Waals surface area contributed by atoms with Gasteiger partial charge in [0.05, 0.1) is 0 Å². The van der Waals surface area contributed by atoms with Gasteiger partial charge in [0.25, 0.3) is 0 Å². The standard InChI is InChI=1S/C33H49NO/c1-4-5-6-7-8-9-10-11-12-13-14-23-33(35)34-26-17-22-30-20-16-21-31(27-30)24-25-32-28(2)18-15-19-29(32)3/h15-16,18-21,24-25,27H,4-14,17,22-23,26H2,1-3H3,(H,34,35). The summed E-state index contributed by atoms with van der Waals surface area (Å²) in [6, 6.07) is 15.2. The lowest BCUT2D eigenvalue weighted by Gasteiger charge is -2.07. The molecule has 0 spiro atoms. The third-order valence-electron chi connectivity index (χ3n) is 6.91. The summed E-state index contributed by atoms with van der Waals surface area (Å²) in [6.07, 6.45) is 21.6. The molecule has 0 fully saturated rings. The molecule has 0 radical (unpaired) electrons. The summed E-state index contributed by atoms with van der Waals surface area (Å²) in [5, 5.41) is 3.11. The van der Waals surface area contributed by atoms with Crippen molar-refractivity contribution in [3.63, 3.8) is 0 Å². The Morgan fingerprint density at radius 3 is 2.00 bits per heavy atom. The maximum Gasteiger partial charge on any atom is 0.219 e. The van der Waals surface area contributed by atoms with Gasteiger partial charge in [0, 0.05) is 13.0 Å². The third-order valence-corrected chi connectivity index (χ3v) is 6.91. The van der Waals surface area contributed by atoms with Crippen molar-refractivity contribution >= 4 is 18.1 Å². The summed E-state index contributed by atoms with van der Waals surface area (Å²) in [5.41, 5.74) is 6.47. The van der Waals surface area contributed by atoms with E-state index in [9.17, 15) is 4.79 Å². The molecule has 2 aromatic rings. The second-order valence-electron chi connectivity index (χ2n) is 10.1. The predicted octanol–water partition coefficient (Wildman–Crippen LogP) is 9.22. The Hall–Kier alpha value is -2.35.